The van der Waals surface area contributed by atoms with Crippen molar-refractivity contribution in [3.63, 3.8) is 0 Å². The van der Waals surface area contributed by atoms with Crippen molar-refractivity contribution in [1.82, 2.24) is 5.43 Å². The zero-order chi connectivity index (χ0) is 19.2. The molecule has 0 unspecified atom stereocenters. The normalized spacial score (nSPS) is 11.2. The van der Waals surface area contributed by atoms with Crippen LogP contribution in [0.4, 0.5) is 10.5 Å². The van der Waals surface area contributed by atoms with E-state index in [0.717, 1.165) is 0 Å². The molecule has 0 bridgehead atoms. The SMILES string of the molecule is CCOC(=O)c1cc2cccc(O)c2o/c1=N/NC(=O)Nc1ccccc1. The maximum atomic E-state index is 12.2. The number of hydrogen-bond acceptors (Lipinski definition) is 6. The van der Waals surface area contributed by atoms with Crippen LogP contribution in [-0.4, -0.2) is 23.7 Å². The summed E-state index contributed by atoms with van der Waals surface area (Å²) in [5.74, 6) is -0.774. The summed E-state index contributed by atoms with van der Waals surface area (Å²) >= 11 is 0. The summed E-state index contributed by atoms with van der Waals surface area (Å²) in [6.45, 7) is 1.84. The number of hydrogen-bond donors (Lipinski definition) is 3. The van der Waals surface area contributed by atoms with Gasteiger partial charge in [0.15, 0.2) is 11.3 Å². The van der Waals surface area contributed by atoms with Crippen LogP contribution >= 0.6 is 0 Å². The van der Waals surface area contributed by atoms with Gasteiger partial charge in [0, 0.05) is 11.1 Å². The van der Waals surface area contributed by atoms with E-state index in [9.17, 15) is 14.7 Å². The number of fused-ring (bicyclic) bond motifs is 1. The maximum absolute atomic E-state index is 12.2. The molecule has 0 aliphatic rings. The van der Waals surface area contributed by atoms with E-state index in [0.29, 0.717) is 11.1 Å². The fourth-order valence-corrected chi connectivity index (χ4v) is 2.36. The molecule has 8 heteroatoms. The van der Waals surface area contributed by atoms with E-state index in [1.807, 2.05) is 6.07 Å². The third-order valence-electron chi connectivity index (χ3n) is 3.54. The van der Waals surface area contributed by atoms with Crippen LogP contribution in [0.5, 0.6) is 5.75 Å². The van der Waals surface area contributed by atoms with Crippen LogP contribution < -0.4 is 16.3 Å². The van der Waals surface area contributed by atoms with Gasteiger partial charge >= 0.3 is 12.0 Å². The van der Waals surface area contributed by atoms with Gasteiger partial charge in [-0.2, -0.15) is 0 Å². The van der Waals surface area contributed by atoms with Gasteiger partial charge in [0.05, 0.1) is 6.61 Å². The lowest BCUT2D eigenvalue weighted by Crippen LogP contribution is -2.28. The van der Waals surface area contributed by atoms with Crippen molar-refractivity contribution in [2.75, 3.05) is 11.9 Å². The van der Waals surface area contributed by atoms with Crippen LogP contribution in [0.15, 0.2) is 64.1 Å². The second-order valence-corrected chi connectivity index (χ2v) is 5.42. The molecule has 0 spiro atoms. The molecule has 138 valence electrons. The second-order valence-electron chi connectivity index (χ2n) is 5.42. The number of carbonyl (C=O) groups is 2. The molecule has 1 aromatic heterocycles. The number of anilines is 1. The van der Waals surface area contributed by atoms with E-state index in [1.165, 1.54) is 12.1 Å². The minimum atomic E-state index is -0.657. The summed E-state index contributed by atoms with van der Waals surface area (Å²) in [5, 5.41) is 16.9. The number of nitrogens with one attached hydrogen (secondary N) is 2. The molecule has 2 amide bonds. The minimum Gasteiger partial charge on any atom is -0.504 e. The highest BCUT2D eigenvalue weighted by molar-refractivity contribution is 5.94. The largest absolute Gasteiger partial charge is 0.504 e. The molecular weight excluding hydrogens is 350 g/mol. The van der Waals surface area contributed by atoms with Crippen LogP contribution in [0.25, 0.3) is 11.0 Å². The Morgan fingerprint density at radius 3 is 2.67 bits per heavy atom. The molecule has 2 aromatic carbocycles. The Labute approximate surface area is 154 Å². The Balaban J connectivity index is 1.96. The van der Waals surface area contributed by atoms with Gasteiger partial charge in [-0.05, 0) is 31.2 Å². The molecule has 0 saturated heterocycles. The summed E-state index contributed by atoms with van der Waals surface area (Å²) in [5.41, 5.74) is 2.80. The van der Waals surface area contributed by atoms with Gasteiger partial charge in [-0.1, -0.05) is 30.3 Å². The number of aromatic hydroxyl groups is 1. The van der Waals surface area contributed by atoms with Gasteiger partial charge in [-0.15, -0.1) is 5.10 Å². The van der Waals surface area contributed by atoms with E-state index in [4.69, 9.17) is 9.15 Å². The Morgan fingerprint density at radius 2 is 1.93 bits per heavy atom. The highest BCUT2D eigenvalue weighted by atomic mass is 16.5. The Morgan fingerprint density at radius 1 is 1.15 bits per heavy atom. The number of phenols is 1. The molecule has 3 aromatic rings. The first-order chi connectivity index (χ1) is 13.1. The molecule has 27 heavy (non-hydrogen) atoms. The van der Waals surface area contributed by atoms with Crippen LogP contribution in [0, 0.1) is 0 Å². The van der Waals surface area contributed by atoms with Crippen molar-refractivity contribution < 1.29 is 23.8 Å². The molecule has 0 saturated carbocycles. The van der Waals surface area contributed by atoms with E-state index in [-0.39, 0.29) is 29.1 Å². The van der Waals surface area contributed by atoms with Gasteiger partial charge in [-0.25, -0.2) is 15.0 Å². The molecule has 3 N–H and O–H groups in total. The molecule has 1 heterocycles. The molecule has 8 nitrogen and oxygen atoms in total. The summed E-state index contributed by atoms with van der Waals surface area (Å²) in [6.07, 6.45) is 0. The number of benzene rings is 2. The van der Waals surface area contributed by atoms with Crippen molar-refractivity contribution in [3.8, 4) is 5.75 Å². The van der Waals surface area contributed by atoms with Gasteiger partial charge in [-0.3, -0.25) is 0 Å². The molecule has 0 aliphatic carbocycles. The summed E-state index contributed by atoms with van der Waals surface area (Å²) in [4.78, 5) is 24.2. The third kappa shape index (κ3) is 4.24. The topological polar surface area (TPSA) is 113 Å². The summed E-state index contributed by atoms with van der Waals surface area (Å²) in [7, 11) is 0. The average Bonchev–Trinajstić information content (AvgIpc) is 2.67. The second kappa shape index (κ2) is 8.05. The number of rotatable bonds is 4. The molecule has 3 rings (SSSR count). The first-order valence-electron chi connectivity index (χ1n) is 8.17. The highest BCUT2D eigenvalue weighted by Crippen LogP contribution is 2.23. The van der Waals surface area contributed by atoms with Crippen LogP contribution in [0.2, 0.25) is 0 Å². The Kier molecular flexibility index (Phi) is 5.36. The van der Waals surface area contributed by atoms with Crippen LogP contribution in [0.3, 0.4) is 0 Å². The smallest absolute Gasteiger partial charge is 0.343 e. The number of para-hydroxylation sites is 2. The van der Waals surface area contributed by atoms with E-state index >= 15 is 0 Å². The van der Waals surface area contributed by atoms with Crippen molar-refractivity contribution in [3.05, 3.63) is 65.7 Å². The molecule has 0 aliphatic heterocycles. The van der Waals surface area contributed by atoms with Gasteiger partial charge in [0.2, 0.25) is 0 Å². The van der Waals surface area contributed by atoms with Gasteiger partial charge in [0.25, 0.3) is 5.55 Å². The number of carbonyl (C=O) groups excluding carboxylic acids is 2. The number of nitrogens with zero attached hydrogens (tertiary/aromatic N) is 1. The third-order valence-corrected chi connectivity index (χ3v) is 3.54. The lowest BCUT2D eigenvalue weighted by atomic mass is 10.2. The fourth-order valence-electron chi connectivity index (χ4n) is 2.36. The van der Waals surface area contributed by atoms with Gasteiger partial charge in [0.1, 0.15) is 5.56 Å². The highest BCUT2D eigenvalue weighted by Gasteiger charge is 2.15. The quantitative estimate of drug-likeness (QED) is 0.485. The summed E-state index contributed by atoms with van der Waals surface area (Å²) in [6, 6.07) is 14.4. The van der Waals surface area contributed by atoms with Crippen molar-refractivity contribution in [2.45, 2.75) is 6.92 Å². The first-order valence-corrected chi connectivity index (χ1v) is 8.17. The van der Waals surface area contributed by atoms with E-state index in [1.54, 1.807) is 43.3 Å². The van der Waals surface area contributed by atoms with Gasteiger partial charge < -0.3 is 19.6 Å². The zero-order valence-corrected chi connectivity index (χ0v) is 14.4. The fraction of sp³-hybridized carbons (Fsp3) is 0.105. The van der Waals surface area contributed by atoms with Crippen LogP contribution in [-0.2, 0) is 4.74 Å². The Bertz CT molecular complexity index is 1040. The number of urea groups is 1. The number of ether oxygens (including phenoxy) is 1. The van der Waals surface area contributed by atoms with E-state index < -0.39 is 12.0 Å². The summed E-state index contributed by atoms with van der Waals surface area (Å²) < 4.78 is 10.5. The predicted octanol–water partition coefficient (Wildman–Crippen LogP) is 2.95. The number of phenolic OH excluding ortho intramolecular Hbond substituents is 1. The van der Waals surface area contributed by atoms with E-state index in [2.05, 4.69) is 15.8 Å². The maximum Gasteiger partial charge on any atom is 0.343 e. The molecule has 0 atom stereocenters. The molecular formula is C19H17N3O5. The van der Waals surface area contributed by atoms with Crippen molar-refractivity contribution >= 4 is 28.7 Å². The average molecular weight is 367 g/mol. The first kappa shape index (κ1) is 18.0. The number of amides is 2. The Hall–Kier alpha value is -3.81. The standard InChI is InChI=1S/C19H17N3O5/c1-2-26-18(24)14-11-12-7-6-10-15(23)16(12)27-17(14)21-22-19(25)20-13-8-4-3-5-9-13/h3-11,23H,2H2,1H3,(H2,20,22,25)/b21-17+. The number of esters is 1. The zero-order valence-electron chi connectivity index (χ0n) is 14.4. The van der Waals surface area contributed by atoms with Crippen molar-refractivity contribution in [2.24, 2.45) is 5.10 Å². The van der Waals surface area contributed by atoms with Crippen molar-refractivity contribution in [1.29, 1.82) is 0 Å². The minimum absolute atomic E-state index is 0.0231. The predicted molar refractivity (Wildman–Crippen MR) is 98.0 cm³/mol. The lowest BCUT2D eigenvalue weighted by Gasteiger charge is -2.06. The lowest BCUT2D eigenvalue weighted by molar-refractivity contribution is 0.0520. The van der Waals surface area contributed by atoms with Crippen LogP contribution in [0.1, 0.15) is 17.3 Å². The monoisotopic (exact) mass is 367 g/mol. The molecule has 0 radical (unpaired) electrons. The molecule has 0 fully saturated rings.